The van der Waals surface area contributed by atoms with Gasteiger partial charge in [0.2, 0.25) is 0 Å². The van der Waals surface area contributed by atoms with Gasteiger partial charge in [-0.05, 0) is 38.8 Å². The highest BCUT2D eigenvalue weighted by Crippen LogP contribution is 2.21. The molecule has 110 valence electrons. The molecule has 0 aromatic carbocycles. The number of aryl methyl sites for hydroxylation is 3. The molecule has 0 aliphatic rings. The number of thiophene rings is 1. The number of aromatic nitrogens is 2. The molecule has 0 radical (unpaired) electrons. The highest BCUT2D eigenvalue weighted by Gasteiger charge is 2.13. The summed E-state index contributed by atoms with van der Waals surface area (Å²) in [4.78, 5) is 2.79. The Hall–Kier alpha value is -0.840. The van der Waals surface area contributed by atoms with Gasteiger partial charge in [-0.2, -0.15) is 5.10 Å². The van der Waals surface area contributed by atoms with Crippen molar-refractivity contribution in [1.29, 1.82) is 0 Å². The topological polar surface area (TPSA) is 29.9 Å². The molecule has 0 aliphatic carbocycles. The van der Waals surface area contributed by atoms with E-state index in [0.29, 0.717) is 6.04 Å². The number of nitrogens with zero attached hydrogens (tertiary/aromatic N) is 2. The third kappa shape index (κ3) is 3.62. The van der Waals surface area contributed by atoms with E-state index < -0.39 is 0 Å². The summed E-state index contributed by atoms with van der Waals surface area (Å²) in [5.41, 5.74) is 2.05. The van der Waals surface area contributed by atoms with Crippen molar-refractivity contribution in [1.82, 2.24) is 15.1 Å². The van der Waals surface area contributed by atoms with E-state index in [9.17, 15) is 0 Å². The fraction of sp³-hybridized carbons (Fsp3) is 0.533. The number of nitrogens with one attached hydrogen (secondary N) is 1. The first-order chi connectivity index (χ1) is 9.51. The Kier molecular flexibility index (Phi) is 5.24. The van der Waals surface area contributed by atoms with Crippen LogP contribution in [0.4, 0.5) is 0 Å². The van der Waals surface area contributed by atoms with Gasteiger partial charge in [0.05, 0.1) is 16.4 Å². The minimum absolute atomic E-state index is 0.420. The fourth-order valence-corrected chi connectivity index (χ4v) is 3.63. The van der Waals surface area contributed by atoms with Crippen LogP contribution >= 0.6 is 22.9 Å². The lowest BCUT2D eigenvalue weighted by atomic mass is 10.2. The maximum absolute atomic E-state index is 6.36. The van der Waals surface area contributed by atoms with Gasteiger partial charge in [0.1, 0.15) is 0 Å². The number of rotatable bonds is 6. The Bertz CT molecular complexity index is 574. The second-order valence-corrected chi connectivity index (χ2v) is 6.93. The first kappa shape index (κ1) is 15.5. The van der Waals surface area contributed by atoms with Gasteiger partial charge in [-0.25, -0.2) is 0 Å². The van der Waals surface area contributed by atoms with Crippen LogP contribution in [0.25, 0.3) is 0 Å². The van der Waals surface area contributed by atoms with E-state index in [-0.39, 0.29) is 0 Å². The Morgan fingerprint density at radius 3 is 2.75 bits per heavy atom. The van der Waals surface area contributed by atoms with Crippen LogP contribution in [0.2, 0.25) is 5.02 Å². The van der Waals surface area contributed by atoms with Crippen LogP contribution < -0.4 is 5.32 Å². The van der Waals surface area contributed by atoms with Gasteiger partial charge in [-0.3, -0.25) is 4.68 Å². The van der Waals surface area contributed by atoms with Crippen LogP contribution in [0.1, 0.15) is 35.0 Å². The standard InChI is InChI=1S/C15H22ClN3S/c1-5-13-15(16)14(19(4)18-13)9-17-10(2)8-12-7-6-11(3)20-12/h6-7,10,17H,5,8-9H2,1-4H3. The van der Waals surface area contributed by atoms with Crippen LogP contribution in [-0.4, -0.2) is 15.8 Å². The summed E-state index contributed by atoms with van der Waals surface area (Å²) in [5.74, 6) is 0. The summed E-state index contributed by atoms with van der Waals surface area (Å²) in [6, 6.07) is 4.81. The van der Waals surface area contributed by atoms with E-state index in [4.69, 9.17) is 11.6 Å². The molecule has 0 amide bonds. The molecular weight excluding hydrogens is 290 g/mol. The molecule has 0 saturated carbocycles. The molecule has 2 rings (SSSR count). The van der Waals surface area contributed by atoms with Crippen molar-refractivity contribution >= 4 is 22.9 Å². The molecule has 0 fully saturated rings. The van der Waals surface area contributed by atoms with Crippen LogP contribution in [-0.2, 0) is 26.4 Å². The molecule has 5 heteroatoms. The molecule has 2 heterocycles. The first-order valence-corrected chi connectivity index (χ1v) is 8.19. The van der Waals surface area contributed by atoms with E-state index in [0.717, 1.165) is 35.8 Å². The molecule has 0 bridgehead atoms. The fourth-order valence-electron chi connectivity index (χ4n) is 2.25. The lowest BCUT2D eigenvalue weighted by Gasteiger charge is -2.13. The number of hydrogen-bond donors (Lipinski definition) is 1. The monoisotopic (exact) mass is 311 g/mol. The predicted molar refractivity (Wildman–Crippen MR) is 86.7 cm³/mol. The van der Waals surface area contributed by atoms with Gasteiger partial charge in [-0.15, -0.1) is 11.3 Å². The second-order valence-electron chi connectivity index (χ2n) is 5.18. The van der Waals surface area contributed by atoms with Gasteiger partial charge in [-0.1, -0.05) is 18.5 Å². The summed E-state index contributed by atoms with van der Waals surface area (Å²) in [5, 5.41) is 8.78. The van der Waals surface area contributed by atoms with Gasteiger partial charge in [0.25, 0.3) is 0 Å². The summed E-state index contributed by atoms with van der Waals surface area (Å²) >= 11 is 8.22. The number of halogens is 1. The molecule has 0 aliphatic heterocycles. The van der Waals surface area contributed by atoms with Crippen molar-refractivity contribution in [3.8, 4) is 0 Å². The summed E-state index contributed by atoms with van der Waals surface area (Å²) in [6.07, 6.45) is 1.92. The zero-order valence-electron chi connectivity index (χ0n) is 12.5. The Morgan fingerprint density at radius 2 is 2.20 bits per heavy atom. The van der Waals surface area contributed by atoms with Gasteiger partial charge in [0, 0.05) is 29.4 Å². The molecule has 0 saturated heterocycles. The Labute approximate surface area is 130 Å². The first-order valence-electron chi connectivity index (χ1n) is 7.00. The van der Waals surface area contributed by atoms with Crippen molar-refractivity contribution < 1.29 is 0 Å². The van der Waals surface area contributed by atoms with Crippen LogP contribution in [0.3, 0.4) is 0 Å². The normalized spacial score (nSPS) is 12.8. The maximum Gasteiger partial charge on any atom is 0.0863 e. The van der Waals surface area contributed by atoms with Crippen LogP contribution in [0.5, 0.6) is 0 Å². The summed E-state index contributed by atoms with van der Waals surface area (Å²) in [7, 11) is 1.95. The van der Waals surface area contributed by atoms with Gasteiger partial charge < -0.3 is 5.32 Å². The molecule has 1 N–H and O–H groups in total. The third-order valence-electron chi connectivity index (χ3n) is 3.42. The average Bonchev–Trinajstić information content (AvgIpc) is 2.92. The van der Waals surface area contributed by atoms with Gasteiger partial charge >= 0.3 is 0 Å². The van der Waals surface area contributed by atoms with Crippen LogP contribution in [0.15, 0.2) is 12.1 Å². The van der Waals surface area contributed by atoms with E-state index >= 15 is 0 Å². The minimum Gasteiger partial charge on any atom is -0.308 e. The molecule has 0 spiro atoms. The molecule has 1 atom stereocenters. The molecule has 1 unspecified atom stereocenters. The van der Waals surface area contributed by atoms with Crippen molar-refractivity contribution in [3.05, 3.63) is 38.3 Å². The van der Waals surface area contributed by atoms with Crippen molar-refractivity contribution in [2.45, 2.75) is 46.2 Å². The summed E-state index contributed by atoms with van der Waals surface area (Å²) in [6.45, 7) is 7.19. The SMILES string of the molecule is CCc1nn(C)c(CNC(C)Cc2ccc(C)s2)c1Cl. The lowest BCUT2D eigenvalue weighted by molar-refractivity contribution is 0.528. The minimum atomic E-state index is 0.420. The molecule has 20 heavy (non-hydrogen) atoms. The largest absolute Gasteiger partial charge is 0.308 e. The van der Waals surface area contributed by atoms with E-state index in [1.807, 2.05) is 23.1 Å². The number of hydrogen-bond acceptors (Lipinski definition) is 3. The highest BCUT2D eigenvalue weighted by atomic mass is 35.5. The van der Waals surface area contributed by atoms with Crippen molar-refractivity contribution in [2.24, 2.45) is 7.05 Å². The predicted octanol–water partition coefficient (Wildman–Crippen LogP) is 3.73. The van der Waals surface area contributed by atoms with E-state index in [1.165, 1.54) is 9.75 Å². The zero-order valence-corrected chi connectivity index (χ0v) is 14.1. The quantitative estimate of drug-likeness (QED) is 0.881. The summed E-state index contributed by atoms with van der Waals surface area (Å²) < 4.78 is 1.89. The highest BCUT2D eigenvalue weighted by molar-refractivity contribution is 7.11. The van der Waals surface area contributed by atoms with Crippen molar-refractivity contribution in [3.63, 3.8) is 0 Å². The molecule has 2 aromatic heterocycles. The smallest absolute Gasteiger partial charge is 0.0863 e. The zero-order chi connectivity index (χ0) is 14.7. The van der Waals surface area contributed by atoms with Crippen molar-refractivity contribution in [2.75, 3.05) is 0 Å². The van der Waals surface area contributed by atoms with Gasteiger partial charge in [0.15, 0.2) is 0 Å². The lowest BCUT2D eigenvalue weighted by Crippen LogP contribution is -2.28. The Balaban J connectivity index is 1.93. The third-order valence-corrected chi connectivity index (χ3v) is 4.88. The average molecular weight is 312 g/mol. The second kappa shape index (κ2) is 6.74. The molecular formula is C15H22ClN3S. The molecule has 2 aromatic rings. The van der Waals surface area contributed by atoms with Crippen LogP contribution in [0, 0.1) is 6.92 Å². The van der Waals surface area contributed by atoms with E-state index in [1.54, 1.807) is 0 Å². The maximum atomic E-state index is 6.36. The van der Waals surface area contributed by atoms with E-state index in [2.05, 4.69) is 43.3 Å². The Morgan fingerprint density at radius 1 is 1.45 bits per heavy atom. The molecule has 3 nitrogen and oxygen atoms in total.